The van der Waals surface area contributed by atoms with E-state index < -0.39 is 0 Å². The number of rotatable bonds is 4. The third-order valence-electron chi connectivity index (χ3n) is 3.63. The third kappa shape index (κ3) is 2.95. The highest BCUT2D eigenvalue weighted by Crippen LogP contribution is 2.39. The zero-order chi connectivity index (χ0) is 13.2. The van der Waals surface area contributed by atoms with Crippen LogP contribution in [0.3, 0.4) is 0 Å². The van der Waals surface area contributed by atoms with Crippen LogP contribution in [0, 0.1) is 12.7 Å². The van der Waals surface area contributed by atoms with Crippen molar-refractivity contribution in [2.24, 2.45) is 0 Å². The Morgan fingerprint density at radius 3 is 2.53 bits per heavy atom. The van der Waals surface area contributed by atoms with Crippen molar-refractivity contribution >= 4 is 5.69 Å². The average Bonchev–Trinajstić information content (AvgIpc) is 3.25. The highest BCUT2D eigenvalue weighted by atomic mass is 19.1. The molecule has 0 aliphatic heterocycles. The van der Waals surface area contributed by atoms with Crippen LogP contribution in [0.2, 0.25) is 0 Å². The number of nitrogens with one attached hydrogen (secondary N) is 1. The summed E-state index contributed by atoms with van der Waals surface area (Å²) in [5, 5.41) is 3.16. The molecule has 19 heavy (non-hydrogen) atoms. The summed E-state index contributed by atoms with van der Waals surface area (Å²) >= 11 is 0. The van der Waals surface area contributed by atoms with E-state index in [2.05, 4.69) is 29.6 Å². The van der Waals surface area contributed by atoms with Crippen molar-refractivity contribution in [3.05, 3.63) is 65.0 Å². The molecular formula is C17H18FN. The maximum atomic E-state index is 13.6. The van der Waals surface area contributed by atoms with Gasteiger partial charge in [-0.3, -0.25) is 0 Å². The van der Waals surface area contributed by atoms with Gasteiger partial charge in [0.1, 0.15) is 5.82 Å². The lowest BCUT2D eigenvalue weighted by Crippen LogP contribution is -2.01. The quantitative estimate of drug-likeness (QED) is 0.840. The van der Waals surface area contributed by atoms with E-state index in [0.717, 1.165) is 11.5 Å². The maximum Gasteiger partial charge on any atom is 0.146 e. The van der Waals surface area contributed by atoms with Crippen LogP contribution in [0.5, 0.6) is 0 Å². The Kier molecular flexibility index (Phi) is 3.24. The SMILES string of the molecule is Cc1ccc(F)c(NCc2ccc(C3CC3)cc2)c1. The summed E-state index contributed by atoms with van der Waals surface area (Å²) in [4.78, 5) is 0. The van der Waals surface area contributed by atoms with Crippen LogP contribution in [0.1, 0.15) is 35.4 Å². The van der Waals surface area contributed by atoms with E-state index in [1.54, 1.807) is 6.07 Å². The fraction of sp³-hybridized carbons (Fsp3) is 0.294. The monoisotopic (exact) mass is 255 g/mol. The lowest BCUT2D eigenvalue weighted by atomic mass is 10.1. The molecule has 0 heterocycles. The molecule has 0 bridgehead atoms. The largest absolute Gasteiger partial charge is 0.379 e. The van der Waals surface area contributed by atoms with E-state index in [9.17, 15) is 4.39 Å². The van der Waals surface area contributed by atoms with Gasteiger partial charge in [0.05, 0.1) is 5.69 Å². The summed E-state index contributed by atoms with van der Waals surface area (Å²) in [6, 6.07) is 13.8. The molecule has 1 N–H and O–H groups in total. The first kappa shape index (κ1) is 12.2. The van der Waals surface area contributed by atoms with Crippen molar-refractivity contribution in [1.29, 1.82) is 0 Å². The number of anilines is 1. The second kappa shape index (κ2) is 5.04. The van der Waals surface area contributed by atoms with Gasteiger partial charge in [-0.25, -0.2) is 4.39 Å². The molecular weight excluding hydrogens is 237 g/mol. The minimum absolute atomic E-state index is 0.194. The van der Waals surface area contributed by atoms with E-state index in [1.165, 1.54) is 30.0 Å². The molecule has 1 nitrogen and oxygen atoms in total. The molecule has 98 valence electrons. The molecule has 0 saturated heterocycles. The van der Waals surface area contributed by atoms with Gasteiger partial charge in [0.15, 0.2) is 0 Å². The van der Waals surface area contributed by atoms with Crippen LogP contribution in [-0.2, 0) is 6.54 Å². The minimum Gasteiger partial charge on any atom is -0.379 e. The molecule has 1 aliphatic rings. The van der Waals surface area contributed by atoms with Gasteiger partial charge >= 0.3 is 0 Å². The van der Waals surface area contributed by atoms with Gasteiger partial charge in [-0.05, 0) is 54.5 Å². The Morgan fingerprint density at radius 1 is 1.11 bits per heavy atom. The molecule has 0 atom stereocenters. The fourth-order valence-corrected chi connectivity index (χ4v) is 2.30. The molecule has 0 amide bonds. The van der Waals surface area contributed by atoms with Gasteiger partial charge in [-0.2, -0.15) is 0 Å². The maximum absolute atomic E-state index is 13.6. The predicted molar refractivity (Wildman–Crippen MR) is 76.9 cm³/mol. The van der Waals surface area contributed by atoms with Gasteiger partial charge in [-0.15, -0.1) is 0 Å². The molecule has 2 aromatic rings. The summed E-state index contributed by atoms with van der Waals surface area (Å²) in [6.07, 6.45) is 2.65. The molecule has 2 aromatic carbocycles. The number of hydrogen-bond donors (Lipinski definition) is 1. The summed E-state index contributed by atoms with van der Waals surface area (Å²) < 4.78 is 13.6. The van der Waals surface area contributed by atoms with Gasteiger partial charge in [-0.1, -0.05) is 30.3 Å². The fourth-order valence-electron chi connectivity index (χ4n) is 2.30. The molecule has 0 aromatic heterocycles. The Labute approximate surface area is 113 Å². The molecule has 1 aliphatic carbocycles. The van der Waals surface area contributed by atoms with E-state index in [0.29, 0.717) is 12.2 Å². The molecule has 1 fully saturated rings. The van der Waals surface area contributed by atoms with E-state index in [4.69, 9.17) is 0 Å². The second-order valence-corrected chi connectivity index (χ2v) is 5.35. The van der Waals surface area contributed by atoms with Gasteiger partial charge in [0.2, 0.25) is 0 Å². The minimum atomic E-state index is -0.194. The highest BCUT2D eigenvalue weighted by Gasteiger charge is 2.22. The van der Waals surface area contributed by atoms with Crippen molar-refractivity contribution in [3.63, 3.8) is 0 Å². The van der Waals surface area contributed by atoms with Crippen molar-refractivity contribution < 1.29 is 4.39 Å². The van der Waals surface area contributed by atoms with Crippen molar-refractivity contribution in [2.45, 2.75) is 32.2 Å². The summed E-state index contributed by atoms with van der Waals surface area (Å²) in [5.74, 6) is 0.594. The van der Waals surface area contributed by atoms with Crippen LogP contribution in [0.4, 0.5) is 10.1 Å². The zero-order valence-corrected chi connectivity index (χ0v) is 11.1. The highest BCUT2D eigenvalue weighted by molar-refractivity contribution is 5.47. The van der Waals surface area contributed by atoms with Crippen molar-refractivity contribution in [3.8, 4) is 0 Å². The Bertz CT molecular complexity index is 570. The first-order valence-corrected chi connectivity index (χ1v) is 6.81. The molecule has 2 heteroatoms. The van der Waals surface area contributed by atoms with Crippen LogP contribution in [0.25, 0.3) is 0 Å². The van der Waals surface area contributed by atoms with E-state index >= 15 is 0 Å². The van der Waals surface area contributed by atoms with Crippen LogP contribution < -0.4 is 5.32 Å². The molecule has 1 saturated carbocycles. The first-order chi connectivity index (χ1) is 9.22. The Morgan fingerprint density at radius 2 is 1.84 bits per heavy atom. The number of aryl methyl sites for hydroxylation is 1. The average molecular weight is 255 g/mol. The van der Waals surface area contributed by atoms with Crippen LogP contribution in [0.15, 0.2) is 42.5 Å². The predicted octanol–water partition coefficient (Wildman–Crippen LogP) is 4.62. The standard InChI is InChI=1S/C17H18FN/c1-12-2-9-16(18)17(10-12)19-11-13-3-5-14(6-4-13)15-7-8-15/h2-6,9-10,15,19H,7-8,11H2,1H3. The van der Waals surface area contributed by atoms with Crippen molar-refractivity contribution in [2.75, 3.05) is 5.32 Å². The normalized spacial score (nSPS) is 14.4. The molecule has 3 rings (SSSR count). The molecule has 0 radical (unpaired) electrons. The first-order valence-electron chi connectivity index (χ1n) is 6.81. The van der Waals surface area contributed by atoms with Gasteiger partial charge < -0.3 is 5.32 Å². The van der Waals surface area contributed by atoms with Crippen LogP contribution >= 0.6 is 0 Å². The number of hydrogen-bond acceptors (Lipinski definition) is 1. The van der Waals surface area contributed by atoms with Gasteiger partial charge in [0, 0.05) is 6.54 Å². The van der Waals surface area contributed by atoms with Crippen molar-refractivity contribution in [1.82, 2.24) is 0 Å². The number of halogens is 1. The Hall–Kier alpha value is -1.83. The second-order valence-electron chi connectivity index (χ2n) is 5.35. The number of benzene rings is 2. The van der Waals surface area contributed by atoms with E-state index in [-0.39, 0.29) is 5.82 Å². The molecule has 0 unspecified atom stereocenters. The zero-order valence-electron chi connectivity index (χ0n) is 11.1. The summed E-state index contributed by atoms with van der Waals surface area (Å²) in [6.45, 7) is 2.63. The smallest absolute Gasteiger partial charge is 0.146 e. The molecule has 0 spiro atoms. The third-order valence-corrected chi connectivity index (χ3v) is 3.63. The van der Waals surface area contributed by atoms with Crippen LogP contribution in [-0.4, -0.2) is 0 Å². The lowest BCUT2D eigenvalue weighted by molar-refractivity contribution is 0.629. The lowest BCUT2D eigenvalue weighted by Gasteiger charge is -2.09. The van der Waals surface area contributed by atoms with E-state index in [1.807, 2.05) is 13.0 Å². The Balaban J connectivity index is 1.66. The topological polar surface area (TPSA) is 12.0 Å². The van der Waals surface area contributed by atoms with Gasteiger partial charge in [0.25, 0.3) is 0 Å². The summed E-state index contributed by atoms with van der Waals surface area (Å²) in [5.41, 5.74) is 4.26. The summed E-state index contributed by atoms with van der Waals surface area (Å²) in [7, 11) is 0.